The molecule has 0 heterocycles. The summed E-state index contributed by atoms with van der Waals surface area (Å²) in [5.41, 5.74) is 0. The lowest BCUT2D eigenvalue weighted by Crippen LogP contribution is -2.20. The van der Waals surface area contributed by atoms with Crippen LogP contribution in [0.15, 0.2) is 0 Å². The molecule has 2 nitrogen and oxygen atoms in total. The Morgan fingerprint density at radius 1 is 0.857 bits per heavy atom. The SMILES string of the molecule is CCCCC(CCO)C(CO)CCC. The van der Waals surface area contributed by atoms with Crippen molar-refractivity contribution in [3.8, 4) is 0 Å². The molecule has 0 radical (unpaired) electrons. The molecule has 2 unspecified atom stereocenters. The molecule has 2 atom stereocenters. The normalized spacial score (nSPS) is 15.4. The summed E-state index contributed by atoms with van der Waals surface area (Å²) in [4.78, 5) is 0. The predicted octanol–water partition coefficient (Wildman–Crippen LogP) is 2.58. The largest absolute Gasteiger partial charge is 0.396 e. The van der Waals surface area contributed by atoms with Gasteiger partial charge in [0.05, 0.1) is 0 Å². The summed E-state index contributed by atoms with van der Waals surface area (Å²) in [6, 6.07) is 0. The first-order valence-electron chi connectivity index (χ1n) is 6.01. The van der Waals surface area contributed by atoms with Crippen LogP contribution in [0.5, 0.6) is 0 Å². The van der Waals surface area contributed by atoms with Gasteiger partial charge in [0.15, 0.2) is 0 Å². The van der Waals surface area contributed by atoms with Crippen molar-refractivity contribution in [2.45, 2.75) is 52.4 Å². The molecule has 0 aliphatic carbocycles. The Bertz CT molecular complexity index is 115. The van der Waals surface area contributed by atoms with Gasteiger partial charge in [0.1, 0.15) is 0 Å². The van der Waals surface area contributed by atoms with Gasteiger partial charge in [-0.3, -0.25) is 0 Å². The van der Waals surface area contributed by atoms with Crippen LogP contribution in [0.25, 0.3) is 0 Å². The summed E-state index contributed by atoms with van der Waals surface area (Å²) in [7, 11) is 0. The van der Waals surface area contributed by atoms with E-state index in [0.717, 1.165) is 25.7 Å². The van der Waals surface area contributed by atoms with E-state index < -0.39 is 0 Å². The van der Waals surface area contributed by atoms with Gasteiger partial charge in [0.25, 0.3) is 0 Å². The van der Waals surface area contributed by atoms with Crippen molar-refractivity contribution in [3.63, 3.8) is 0 Å². The molecule has 0 spiro atoms. The molecule has 0 bridgehead atoms. The molecule has 0 rings (SSSR count). The maximum Gasteiger partial charge on any atom is 0.0461 e. The zero-order valence-corrected chi connectivity index (χ0v) is 9.71. The number of rotatable bonds is 9. The summed E-state index contributed by atoms with van der Waals surface area (Å²) in [5.74, 6) is 0.920. The van der Waals surface area contributed by atoms with Gasteiger partial charge >= 0.3 is 0 Å². The highest BCUT2D eigenvalue weighted by Gasteiger charge is 2.18. The number of hydrogen-bond acceptors (Lipinski definition) is 2. The molecule has 0 saturated heterocycles. The van der Waals surface area contributed by atoms with Gasteiger partial charge in [-0.25, -0.2) is 0 Å². The summed E-state index contributed by atoms with van der Waals surface area (Å²) >= 11 is 0. The van der Waals surface area contributed by atoms with E-state index in [2.05, 4.69) is 13.8 Å². The molecule has 0 aromatic heterocycles. The highest BCUT2D eigenvalue weighted by Crippen LogP contribution is 2.25. The Labute approximate surface area is 88.3 Å². The van der Waals surface area contributed by atoms with Crippen molar-refractivity contribution in [2.24, 2.45) is 11.8 Å². The first-order valence-corrected chi connectivity index (χ1v) is 6.01. The molecular weight excluding hydrogens is 176 g/mol. The molecule has 86 valence electrons. The van der Waals surface area contributed by atoms with Crippen LogP contribution in [0.2, 0.25) is 0 Å². The number of hydrogen-bond donors (Lipinski definition) is 2. The molecule has 0 saturated carbocycles. The zero-order chi connectivity index (χ0) is 10.8. The molecule has 0 amide bonds. The van der Waals surface area contributed by atoms with Gasteiger partial charge < -0.3 is 10.2 Å². The van der Waals surface area contributed by atoms with Crippen LogP contribution in [0.1, 0.15) is 52.4 Å². The van der Waals surface area contributed by atoms with E-state index in [1.165, 1.54) is 12.8 Å². The highest BCUT2D eigenvalue weighted by atomic mass is 16.3. The molecule has 2 heteroatoms. The van der Waals surface area contributed by atoms with Crippen LogP contribution in [0, 0.1) is 11.8 Å². The maximum absolute atomic E-state index is 9.27. The second kappa shape index (κ2) is 9.47. The second-order valence-electron chi connectivity index (χ2n) is 4.15. The third kappa shape index (κ3) is 5.61. The lowest BCUT2D eigenvalue weighted by Gasteiger charge is -2.24. The predicted molar refractivity (Wildman–Crippen MR) is 60.2 cm³/mol. The van der Waals surface area contributed by atoms with E-state index in [1.54, 1.807) is 0 Å². The van der Waals surface area contributed by atoms with E-state index in [0.29, 0.717) is 11.8 Å². The van der Waals surface area contributed by atoms with E-state index >= 15 is 0 Å². The van der Waals surface area contributed by atoms with Crippen molar-refractivity contribution in [2.75, 3.05) is 13.2 Å². The first-order chi connectivity index (χ1) is 6.79. The molecular formula is C12H26O2. The van der Waals surface area contributed by atoms with Gasteiger partial charge in [-0.1, -0.05) is 39.5 Å². The molecule has 0 fully saturated rings. The Balaban J connectivity index is 3.97. The lowest BCUT2D eigenvalue weighted by atomic mass is 9.83. The van der Waals surface area contributed by atoms with Crippen molar-refractivity contribution in [1.82, 2.24) is 0 Å². The Kier molecular flexibility index (Phi) is 9.42. The van der Waals surface area contributed by atoms with Gasteiger partial charge in [-0.15, -0.1) is 0 Å². The Morgan fingerprint density at radius 2 is 1.57 bits per heavy atom. The van der Waals surface area contributed by atoms with E-state index in [9.17, 15) is 5.11 Å². The molecule has 2 N–H and O–H groups in total. The monoisotopic (exact) mass is 202 g/mol. The molecule has 0 aliphatic rings. The van der Waals surface area contributed by atoms with E-state index in [-0.39, 0.29) is 13.2 Å². The third-order valence-corrected chi connectivity index (χ3v) is 2.99. The van der Waals surface area contributed by atoms with Gasteiger partial charge in [0.2, 0.25) is 0 Å². The van der Waals surface area contributed by atoms with Crippen LogP contribution in [0.4, 0.5) is 0 Å². The minimum Gasteiger partial charge on any atom is -0.396 e. The summed E-state index contributed by atoms with van der Waals surface area (Å²) < 4.78 is 0. The fourth-order valence-corrected chi connectivity index (χ4v) is 2.09. The van der Waals surface area contributed by atoms with E-state index in [4.69, 9.17) is 5.11 Å². The average molecular weight is 202 g/mol. The molecule has 14 heavy (non-hydrogen) atoms. The van der Waals surface area contributed by atoms with E-state index in [1.807, 2.05) is 0 Å². The fourth-order valence-electron chi connectivity index (χ4n) is 2.09. The van der Waals surface area contributed by atoms with Crippen molar-refractivity contribution >= 4 is 0 Å². The maximum atomic E-state index is 9.27. The summed E-state index contributed by atoms with van der Waals surface area (Å²) in [5, 5.41) is 18.2. The average Bonchev–Trinajstić information content (AvgIpc) is 2.21. The van der Waals surface area contributed by atoms with Crippen molar-refractivity contribution in [1.29, 1.82) is 0 Å². The molecule has 0 aromatic carbocycles. The zero-order valence-electron chi connectivity index (χ0n) is 9.71. The lowest BCUT2D eigenvalue weighted by molar-refractivity contribution is 0.133. The van der Waals surface area contributed by atoms with Gasteiger partial charge in [-0.05, 0) is 24.7 Å². The highest BCUT2D eigenvalue weighted by molar-refractivity contribution is 4.69. The van der Waals surface area contributed by atoms with Crippen molar-refractivity contribution < 1.29 is 10.2 Å². The van der Waals surface area contributed by atoms with Crippen LogP contribution >= 0.6 is 0 Å². The molecule has 0 aliphatic heterocycles. The van der Waals surface area contributed by atoms with Crippen molar-refractivity contribution in [3.05, 3.63) is 0 Å². The first kappa shape index (κ1) is 13.9. The minimum absolute atomic E-state index is 0.259. The Hall–Kier alpha value is -0.0800. The van der Waals surface area contributed by atoms with Gasteiger partial charge in [0, 0.05) is 13.2 Å². The summed E-state index contributed by atoms with van der Waals surface area (Å²) in [6.45, 7) is 4.87. The van der Waals surface area contributed by atoms with Crippen LogP contribution in [0.3, 0.4) is 0 Å². The number of aliphatic hydroxyl groups is 2. The van der Waals surface area contributed by atoms with Gasteiger partial charge in [-0.2, -0.15) is 0 Å². The fraction of sp³-hybridized carbons (Fsp3) is 1.00. The standard InChI is InChI=1S/C12H26O2/c1-3-5-7-11(8-9-13)12(10-14)6-4-2/h11-14H,3-10H2,1-2H3. The minimum atomic E-state index is 0.259. The Morgan fingerprint density at radius 3 is 2.00 bits per heavy atom. The third-order valence-electron chi connectivity index (χ3n) is 2.99. The number of aliphatic hydroxyl groups excluding tert-OH is 2. The topological polar surface area (TPSA) is 40.5 Å². The van der Waals surface area contributed by atoms with Crippen LogP contribution in [-0.4, -0.2) is 23.4 Å². The smallest absolute Gasteiger partial charge is 0.0461 e. The molecule has 0 aromatic rings. The summed E-state index contributed by atoms with van der Waals surface area (Å²) in [6.07, 6.45) is 6.63. The number of unbranched alkanes of at least 4 members (excludes halogenated alkanes) is 1. The quantitative estimate of drug-likeness (QED) is 0.603. The second-order valence-corrected chi connectivity index (χ2v) is 4.15. The van der Waals surface area contributed by atoms with Crippen LogP contribution < -0.4 is 0 Å². The van der Waals surface area contributed by atoms with Crippen LogP contribution in [-0.2, 0) is 0 Å².